The van der Waals surface area contributed by atoms with Gasteiger partial charge in [-0.3, -0.25) is 9.59 Å². The number of rotatable bonds is 13. The summed E-state index contributed by atoms with van der Waals surface area (Å²) in [7, 11) is 0. The zero-order valence-electron chi connectivity index (χ0n) is 16.8. The van der Waals surface area contributed by atoms with E-state index < -0.39 is 0 Å². The number of nitrogens with one attached hydrogen (secondary N) is 1. The Morgan fingerprint density at radius 3 is 2.50 bits per heavy atom. The first kappa shape index (κ1) is 22.6. The van der Waals surface area contributed by atoms with Gasteiger partial charge in [0.1, 0.15) is 0 Å². The van der Waals surface area contributed by atoms with Crippen molar-refractivity contribution < 1.29 is 9.59 Å². The normalized spacial score (nSPS) is 11.0. The zero-order chi connectivity index (χ0) is 19.4. The van der Waals surface area contributed by atoms with Crippen LogP contribution >= 0.6 is 11.3 Å². The highest BCUT2D eigenvalue weighted by Crippen LogP contribution is 2.16. The van der Waals surface area contributed by atoms with Crippen molar-refractivity contribution in [3.05, 3.63) is 11.1 Å². The van der Waals surface area contributed by atoms with Crippen molar-refractivity contribution in [2.75, 3.05) is 18.4 Å². The number of carbonyl (C=O) groups is 2. The van der Waals surface area contributed by atoms with E-state index in [0.717, 1.165) is 24.1 Å². The Morgan fingerprint density at radius 1 is 1.19 bits per heavy atom. The number of carbonyl (C=O) groups excluding carboxylic acids is 2. The first-order valence-electron chi connectivity index (χ1n) is 9.92. The van der Waals surface area contributed by atoms with E-state index in [9.17, 15) is 9.59 Å². The number of amides is 2. The quantitative estimate of drug-likeness (QED) is 0.488. The van der Waals surface area contributed by atoms with E-state index in [4.69, 9.17) is 0 Å². The summed E-state index contributed by atoms with van der Waals surface area (Å²) in [5.74, 6) is 0.426. The first-order chi connectivity index (χ1) is 12.4. The van der Waals surface area contributed by atoms with Crippen molar-refractivity contribution in [2.45, 2.75) is 79.1 Å². The van der Waals surface area contributed by atoms with E-state index in [-0.39, 0.29) is 18.4 Å². The minimum absolute atomic E-state index is 0.0895. The molecule has 0 aromatic carbocycles. The molecule has 26 heavy (non-hydrogen) atoms. The third-order valence-corrected chi connectivity index (χ3v) is 5.10. The van der Waals surface area contributed by atoms with E-state index in [0.29, 0.717) is 24.0 Å². The van der Waals surface area contributed by atoms with Crippen LogP contribution < -0.4 is 5.32 Å². The first-order valence-corrected chi connectivity index (χ1v) is 10.7. The molecule has 0 aliphatic heterocycles. The highest BCUT2D eigenvalue weighted by Gasteiger charge is 2.18. The van der Waals surface area contributed by atoms with Crippen LogP contribution in [0, 0.1) is 12.8 Å². The average molecular weight is 382 g/mol. The van der Waals surface area contributed by atoms with E-state index in [1.807, 2.05) is 6.92 Å². The molecule has 0 fully saturated rings. The van der Waals surface area contributed by atoms with Crippen LogP contribution in [0.15, 0.2) is 6.20 Å². The Bertz CT molecular complexity index is 543. The Balaban J connectivity index is 2.45. The molecule has 148 valence electrons. The van der Waals surface area contributed by atoms with Crippen LogP contribution in [-0.2, 0) is 9.59 Å². The Hall–Kier alpha value is -1.43. The maximum atomic E-state index is 12.6. The molecular formula is C20H35N3O2S. The monoisotopic (exact) mass is 381 g/mol. The fraction of sp³-hybridized carbons (Fsp3) is 0.750. The molecule has 0 radical (unpaired) electrons. The second kappa shape index (κ2) is 12.8. The summed E-state index contributed by atoms with van der Waals surface area (Å²) in [5.41, 5.74) is 0. The van der Waals surface area contributed by atoms with E-state index in [1.165, 1.54) is 37.0 Å². The molecule has 0 spiro atoms. The van der Waals surface area contributed by atoms with Gasteiger partial charge in [0.2, 0.25) is 11.8 Å². The SMILES string of the molecule is CCCCCCCCC(=O)N(CCC(C)C)CC(=O)Nc1ncc(C)s1. The van der Waals surface area contributed by atoms with Gasteiger partial charge in [0, 0.05) is 24.0 Å². The van der Waals surface area contributed by atoms with Gasteiger partial charge in [-0.25, -0.2) is 4.98 Å². The van der Waals surface area contributed by atoms with Crippen LogP contribution in [0.4, 0.5) is 5.13 Å². The standard InChI is InChI=1S/C20H35N3O2S/c1-5-6-7-8-9-10-11-19(25)23(13-12-16(2)3)15-18(24)22-20-21-14-17(4)26-20/h14,16H,5-13,15H2,1-4H3,(H,21,22,24). The van der Waals surface area contributed by atoms with E-state index in [1.54, 1.807) is 11.1 Å². The Morgan fingerprint density at radius 2 is 1.88 bits per heavy atom. The van der Waals surface area contributed by atoms with Gasteiger partial charge in [0.15, 0.2) is 5.13 Å². The van der Waals surface area contributed by atoms with Crippen LogP contribution in [0.25, 0.3) is 0 Å². The lowest BCUT2D eigenvalue weighted by atomic mass is 10.1. The highest BCUT2D eigenvalue weighted by atomic mass is 32.1. The largest absolute Gasteiger partial charge is 0.333 e. The Labute approximate surface area is 162 Å². The molecule has 1 rings (SSSR count). The molecule has 0 unspecified atom stereocenters. The number of hydrogen-bond acceptors (Lipinski definition) is 4. The predicted octanol–water partition coefficient (Wildman–Crippen LogP) is 5.02. The molecule has 1 aromatic rings. The van der Waals surface area contributed by atoms with Gasteiger partial charge in [0.05, 0.1) is 6.54 Å². The lowest BCUT2D eigenvalue weighted by Gasteiger charge is -2.23. The molecule has 5 nitrogen and oxygen atoms in total. The topological polar surface area (TPSA) is 62.3 Å². The molecule has 0 bridgehead atoms. The molecule has 0 saturated carbocycles. The Kier molecular flexibility index (Phi) is 11.2. The molecule has 6 heteroatoms. The number of aryl methyl sites for hydroxylation is 1. The summed E-state index contributed by atoms with van der Waals surface area (Å²) < 4.78 is 0. The van der Waals surface area contributed by atoms with Crippen molar-refractivity contribution in [1.82, 2.24) is 9.88 Å². The molecule has 1 N–H and O–H groups in total. The van der Waals surface area contributed by atoms with Gasteiger partial charge >= 0.3 is 0 Å². The molecular weight excluding hydrogens is 346 g/mol. The smallest absolute Gasteiger partial charge is 0.245 e. The lowest BCUT2D eigenvalue weighted by Crippen LogP contribution is -2.39. The van der Waals surface area contributed by atoms with Crippen molar-refractivity contribution in [1.29, 1.82) is 0 Å². The number of anilines is 1. The van der Waals surface area contributed by atoms with E-state index >= 15 is 0 Å². The summed E-state index contributed by atoms with van der Waals surface area (Å²) in [6, 6.07) is 0. The summed E-state index contributed by atoms with van der Waals surface area (Å²) in [5, 5.41) is 3.40. The van der Waals surface area contributed by atoms with Gasteiger partial charge in [-0.1, -0.05) is 52.9 Å². The average Bonchev–Trinajstić information content (AvgIpc) is 2.99. The van der Waals surface area contributed by atoms with Gasteiger partial charge in [0.25, 0.3) is 0 Å². The van der Waals surface area contributed by atoms with Gasteiger partial charge in [-0.05, 0) is 25.7 Å². The fourth-order valence-corrected chi connectivity index (χ4v) is 3.35. The number of unbranched alkanes of at least 4 members (excludes halogenated alkanes) is 5. The number of hydrogen-bond donors (Lipinski definition) is 1. The highest BCUT2D eigenvalue weighted by molar-refractivity contribution is 7.15. The number of nitrogens with zero attached hydrogens (tertiary/aromatic N) is 2. The molecule has 0 aliphatic rings. The summed E-state index contributed by atoms with van der Waals surface area (Å²) in [6.07, 6.45) is 10.1. The fourth-order valence-electron chi connectivity index (χ4n) is 2.67. The van der Waals surface area contributed by atoms with E-state index in [2.05, 4.69) is 31.1 Å². The van der Waals surface area contributed by atoms with Crippen LogP contribution in [0.5, 0.6) is 0 Å². The third-order valence-electron chi connectivity index (χ3n) is 4.28. The van der Waals surface area contributed by atoms with Crippen molar-refractivity contribution >= 4 is 28.3 Å². The molecule has 1 aromatic heterocycles. The molecule has 2 amide bonds. The number of thiazole rings is 1. The predicted molar refractivity (Wildman–Crippen MR) is 110 cm³/mol. The van der Waals surface area contributed by atoms with Gasteiger partial charge in [-0.15, -0.1) is 11.3 Å². The van der Waals surface area contributed by atoms with Gasteiger partial charge < -0.3 is 10.2 Å². The minimum atomic E-state index is -0.167. The summed E-state index contributed by atoms with van der Waals surface area (Å²) >= 11 is 1.45. The third kappa shape index (κ3) is 9.90. The molecule has 1 heterocycles. The van der Waals surface area contributed by atoms with Crippen molar-refractivity contribution in [2.24, 2.45) is 5.92 Å². The maximum absolute atomic E-state index is 12.6. The second-order valence-corrected chi connectivity index (χ2v) is 8.57. The molecule has 0 atom stereocenters. The summed E-state index contributed by atoms with van der Waals surface area (Å²) in [4.78, 5) is 31.8. The molecule has 0 saturated heterocycles. The van der Waals surface area contributed by atoms with Crippen LogP contribution in [0.3, 0.4) is 0 Å². The molecule has 0 aliphatic carbocycles. The maximum Gasteiger partial charge on any atom is 0.245 e. The zero-order valence-corrected chi connectivity index (χ0v) is 17.7. The second-order valence-electron chi connectivity index (χ2n) is 7.34. The van der Waals surface area contributed by atoms with Crippen molar-refractivity contribution in [3.8, 4) is 0 Å². The van der Waals surface area contributed by atoms with Crippen LogP contribution in [0.1, 0.15) is 77.0 Å². The van der Waals surface area contributed by atoms with Gasteiger partial charge in [-0.2, -0.15) is 0 Å². The lowest BCUT2D eigenvalue weighted by molar-refractivity contribution is -0.135. The van der Waals surface area contributed by atoms with Crippen molar-refractivity contribution in [3.63, 3.8) is 0 Å². The van der Waals surface area contributed by atoms with Crippen LogP contribution in [-0.4, -0.2) is 34.8 Å². The van der Waals surface area contributed by atoms with Crippen LogP contribution in [0.2, 0.25) is 0 Å². The number of aromatic nitrogens is 1. The minimum Gasteiger partial charge on any atom is -0.333 e. The summed E-state index contributed by atoms with van der Waals surface area (Å²) in [6.45, 7) is 9.17.